The van der Waals surface area contributed by atoms with Crippen LogP contribution >= 0.6 is 15.9 Å². The van der Waals surface area contributed by atoms with E-state index in [1.54, 1.807) is 24.3 Å². The van der Waals surface area contributed by atoms with E-state index in [0.717, 1.165) is 12.1 Å². The molecule has 2 amide bonds. The van der Waals surface area contributed by atoms with Gasteiger partial charge in [-0.2, -0.15) is 0 Å². The predicted molar refractivity (Wildman–Crippen MR) is 79.7 cm³/mol. The second-order valence-corrected chi connectivity index (χ2v) is 4.97. The van der Waals surface area contributed by atoms with Gasteiger partial charge in [-0.15, -0.1) is 0 Å². The summed E-state index contributed by atoms with van der Waals surface area (Å²) in [5, 5.41) is 4.59. The second-order valence-electron chi connectivity index (χ2n) is 4.05. The fraction of sp³-hybridized carbons (Fsp3) is 0.0714. The molecule has 0 unspecified atom stereocenters. The van der Waals surface area contributed by atoms with Crippen LogP contribution in [0.25, 0.3) is 0 Å². The van der Waals surface area contributed by atoms with E-state index in [2.05, 4.69) is 26.6 Å². The van der Waals surface area contributed by atoms with Crippen molar-refractivity contribution < 1.29 is 18.3 Å². The Kier molecular flexibility index (Phi) is 4.74. The van der Waals surface area contributed by atoms with Gasteiger partial charge in [-0.3, -0.25) is 0 Å². The number of carbonyl (C=O) groups is 1. The summed E-state index contributed by atoms with van der Waals surface area (Å²) in [6, 6.07) is 7.88. The highest BCUT2D eigenvalue weighted by Gasteiger charge is 2.13. The molecule has 2 aromatic carbocycles. The number of carbonyl (C=O) groups excluding carboxylic acids is 1. The Labute approximate surface area is 128 Å². The van der Waals surface area contributed by atoms with E-state index >= 15 is 0 Å². The van der Waals surface area contributed by atoms with Gasteiger partial charge in [0.15, 0.2) is 11.6 Å². The van der Waals surface area contributed by atoms with Gasteiger partial charge in [-0.25, -0.2) is 13.6 Å². The van der Waals surface area contributed by atoms with Gasteiger partial charge in [0.1, 0.15) is 11.4 Å². The highest BCUT2D eigenvalue weighted by atomic mass is 79.9. The van der Waals surface area contributed by atoms with Crippen molar-refractivity contribution in [2.24, 2.45) is 0 Å². The summed E-state index contributed by atoms with van der Waals surface area (Å²) in [6.07, 6.45) is 0. The summed E-state index contributed by atoms with van der Waals surface area (Å²) >= 11 is 2.96. The molecule has 0 bridgehead atoms. The minimum atomic E-state index is -0.869. The maximum absolute atomic E-state index is 13.6. The molecule has 2 N–H and O–H groups in total. The van der Waals surface area contributed by atoms with Crippen molar-refractivity contribution >= 4 is 33.3 Å². The van der Waals surface area contributed by atoms with Crippen molar-refractivity contribution in [1.82, 2.24) is 0 Å². The SMILES string of the molecule is COc1ccc(NC(=O)Nc2c(F)cc(Br)cc2F)cc1. The van der Waals surface area contributed by atoms with Gasteiger partial charge >= 0.3 is 6.03 Å². The first-order chi connectivity index (χ1) is 9.99. The van der Waals surface area contributed by atoms with Crippen LogP contribution in [0.4, 0.5) is 25.0 Å². The number of methoxy groups -OCH3 is 1. The number of amides is 2. The summed E-state index contributed by atoms with van der Waals surface area (Å²) < 4.78 is 32.4. The first-order valence-electron chi connectivity index (χ1n) is 5.86. The van der Waals surface area contributed by atoms with Crippen molar-refractivity contribution in [3.63, 3.8) is 0 Å². The maximum Gasteiger partial charge on any atom is 0.323 e. The summed E-state index contributed by atoms with van der Waals surface area (Å²) in [5.41, 5.74) is -0.0459. The Morgan fingerprint density at radius 1 is 1.10 bits per heavy atom. The second kappa shape index (κ2) is 6.53. The Hall–Kier alpha value is -2.15. The lowest BCUT2D eigenvalue weighted by atomic mass is 10.3. The number of ether oxygens (including phenoxy) is 1. The molecule has 4 nitrogen and oxygen atoms in total. The Bertz CT molecular complexity index is 640. The van der Waals surface area contributed by atoms with Gasteiger partial charge in [0.2, 0.25) is 0 Å². The predicted octanol–water partition coefficient (Wildman–Crippen LogP) is 4.38. The number of nitrogens with one attached hydrogen (secondary N) is 2. The maximum atomic E-state index is 13.6. The van der Waals surface area contributed by atoms with E-state index in [0.29, 0.717) is 11.4 Å². The quantitative estimate of drug-likeness (QED) is 0.857. The number of anilines is 2. The topological polar surface area (TPSA) is 50.4 Å². The zero-order valence-corrected chi connectivity index (χ0v) is 12.5. The van der Waals surface area contributed by atoms with E-state index in [9.17, 15) is 13.6 Å². The van der Waals surface area contributed by atoms with Gasteiger partial charge in [-0.1, -0.05) is 15.9 Å². The lowest BCUT2D eigenvalue weighted by Gasteiger charge is -2.10. The standard InChI is InChI=1S/C14H11BrF2N2O2/c1-21-10-4-2-9(3-5-10)18-14(20)19-13-11(16)6-8(15)7-12(13)17/h2-7H,1H3,(H2,18,19,20). The molecule has 0 aliphatic heterocycles. The molecule has 0 saturated carbocycles. The van der Waals surface area contributed by atoms with Gasteiger partial charge in [0.05, 0.1) is 7.11 Å². The van der Waals surface area contributed by atoms with Crippen LogP contribution in [0.2, 0.25) is 0 Å². The Balaban J connectivity index is 2.08. The molecule has 0 fully saturated rings. The highest BCUT2D eigenvalue weighted by molar-refractivity contribution is 9.10. The first kappa shape index (κ1) is 15.2. The minimum Gasteiger partial charge on any atom is -0.497 e. The van der Waals surface area contributed by atoms with Crippen LogP contribution in [-0.2, 0) is 0 Å². The van der Waals surface area contributed by atoms with Crippen LogP contribution in [0.15, 0.2) is 40.9 Å². The molecule has 7 heteroatoms. The van der Waals surface area contributed by atoms with Crippen LogP contribution in [0.5, 0.6) is 5.75 Å². The van der Waals surface area contributed by atoms with Crippen LogP contribution in [-0.4, -0.2) is 13.1 Å². The van der Waals surface area contributed by atoms with Gasteiger partial charge in [0.25, 0.3) is 0 Å². The monoisotopic (exact) mass is 356 g/mol. The number of benzene rings is 2. The number of hydrogen-bond acceptors (Lipinski definition) is 2. The van der Waals surface area contributed by atoms with Crippen molar-refractivity contribution in [2.45, 2.75) is 0 Å². The molecule has 0 aromatic heterocycles. The lowest BCUT2D eigenvalue weighted by Crippen LogP contribution is -2.21. The molecule has 0 radical (unpaired) electrons. The van der Waals surface area contributed by atoms with Crippen molar-refractivity contribution in [2.75, 3.05) is 17.7 Å². The largest absolute Gasteiger partial charge is 0.497 e. The fourth-order valence-electron chi connectivity index (χ4n) is 1.61. The minimum absolute atomic E-state index is 0.249. The summed E-state index contributed by atoms with van der Waals surface area (Å²) in [6.45, 7) is 0. The van der Waals surface area contributed by atoms with E-state index < -0.39 is 23.4 Å². The smallest absolute Gasteiger partial charge is 0.323 e. The van der Waals surface area contributed by atoms with Crippen molar-refractivity contribution in [3.8, 4) is 5.75 Å². The molecule has 0 spiro atoms. The third kappa shape index (κ3) is 3.91. The Morgan fingerprint density at radius 2 is 1.67 bits per heavy atom. The molecule has 21 heavy (non-hydrogen) atoms. The third-order valence-electron chi connectivity index (χ3n) is 2.59. The van der Waals surface area contributed by atoms with Crippen LogP contribution in [0.3, 0.4) is 0 Å². The number of hydrogen-bond donors (Lipinski definition) is 2. The van der Waals surface area contributed by atoms with Crippen LogP contribution in [0.1, 0.15) is 0 Å². The molecule has 0 aliphatic carbocycles. The summed E-state index contributed by atoms with van der Waals surface area (Å²) in [4.78, 5) is 11.7. The zero-order valence-electron chi connectivity index (χ0n) is 10.9. The molecule has 2 aromatic rings. The lowest BCUT2D eigenvalue weighted by molar-refractivity contribution is 0.262. The molecule has 0 atom stereocenters. The van der Waals surface area contributed by atoms with Crippen molar-refractivity contribution in [1.29, 1.82) is 0 Å². The average molecular weight is 357 g/mol. The molecule has 2 rings (SSSR count). The molecular weight excluding hydrogens is 346 g/mol. The van der Waals surface area contributed by atoms with Crippen LogP contribution < -0.4 is 15.4 Å². The van der Waals surface area contributed by atoms with Gasteiger partial charge in [-0.05, 0) is 36.4 Å². The first-order valence-corrected chi connectivity index (χ1v) is 6.65. The fourth-order valence-corrected chi connectivity index (χ4v) is 2.01. The Morgan fingerprint density at radius 3 is 2.19 bits per heavy atom. The van der Waals surface area contributed by atoms with Crippen LogP contribution in [0, 0.1) is 11.6 Å². The highest BCUT2D eigenvalue weighted by Crippen LogP contribution is 2.24. The van der Waals surface area contributed by atoms with E-state index in [1.165, 1.54) is 7.11 Å². The zero-order chi connectivity index (χ0) is 15.4. The van der Waals surface area contributed by atoms with E-state index in [-0.39, 0.29) is 4.47 Å². The van der Waals surface area contributed by atoms with Crippen molar-refractivity contribution in [3.05, 3.63) is 52.5 Å². The number of halogens is 3. The molecule has 110 valence electrons. The van der Waals surface area contributed by atoms with Gasteiger partial charge in [0, 0.05) is 10.2 Å². The third-order valence-corrected chi connectivity index (χ3v) is 3.05. The molecule has 0 aliphatic rings. The average Bonchev–Trinajstić information content (AvgIpc) is 2.43. The van der Waals surface area contributed by atoms with Gasteiger partial charge < -0.3 is 15.4 Å². The van der Waals surface area contributed by atoms with E-state index in [4.69, 9.17) is 4.74 Å². The normalized spacial score (nSPS) is 10.1. The number of urea groups is 1. The summed E-state index contributed by atoms with van der Waals surface area (Å²) in [5.74, 6) is -1.11. The molecule has 0 heterocycles. The summed E-state index contributed by atoms with van der Waals surface area (Å²) in [7, 11) is 1.52. The molecule has 0 saturated heterocycles. The molecular formula is C14H11BrF2N2O2. The number of rotatable bonds is 3. The van der Waals surface area contributed by atoms with E-state index in [1.807, 2.05) is 0 Å².